The Balaban J connectivity index is 2.03. The molecule has 3 aromatic carbocycles. The van der Waals surface area contributed by atoms with Crippen molar-refractivity contribution in [2.24, 2.45) is 0 Å². The summed E-state index contributed by atoms with van der Waals surface area (Å²) in [6.45, 7) is 3.55. The molecule has 0 aliphatic rings. The maximum atomic E-state index is 14.0. The van der Waals surface area contributed by atoms with Crippen LogP contribution in [0.25, 0.3) is 0 Å². The molecule has 0 aromatic heterocycles. The van der Waals surface area contributed by atoms with Crippen molar-refractivity contribution in [3.63, 3.8) is 0 Å². The second-order valence-electron chi connectivity index (χ2n) is 9.15. The molecule has 0 saturated carbocycles. The molecule has 8 nitrogen and oxygen atoms in total. The van der Waals surface area contributed by atoms with Crippen LogP contribution in [-0.2, 0) is 26.2 Å². The highest BCUT2D eigenvalue weighted by Crippen LogP contribution is 2.30. The zero-order valence-electron chi connectivity index (χ0n) is 22.6. The summed E-state index contributed by atoms with van der Waals surface area (Å²) in [7, 11) is -2.68. The number of nitrogens with zero attached hydrogens (tertiary/aromatic N) is 2. The smallest absolute Gasteiger partial charge is 0.264 e. The maximum Gasteiger partial charge on any atom is 0.264 e. The molecule has 40 heavy (non-hydrogen) atoms. The van der Waals surface area contributed by atoms with Crippen molar-refractivity contribution in [2.75, 3.05) is 24.5 Å². The van der Waals surface area contributed by atoms with Gasteiger partial charge in [0, 0.05) is 23.1 Å². The Bertz CT molecular complexity index is 1400. The van der Waals surface area contributed by atoms with Crippen LogP contribution >= 0.6 is 23.2 Å². The summed E-state index contributed by atoms with van der Waals surface area (Å²) in [5.74, 6) is -0.337. The number of benzene rings is 3. The third kappa shape index (κ3) is 8.13. The van der Waals surface area contributed by atoms with Crippen LogP contribution in [0.5, 0.6) is 5.75 Å². The molecule has 0 radical (unpaired) electrons. The molecular formula is C29H33Cl2N3O5S. The molecule has 0 bridgehead atoms. The molecule has 0 fully saturated rings. The highest BCUT2D eigenvalue weighted by atomic mass is 35.5. The van der Waals surface area contributed by atoms with Crippen LogP contribution in [0.15, 0.2) is 77.7 Å². The molecular weight excluding hydrogens is 573 g/mol. The Morgan fingerprint density at radius 3 is 2.27 bits per heavy atom. The van der Waals surface area contributed by atoms with Gasteiger partial charge in [0.1, 0.15) is 18.3 Å². The highest BCUT2D eigenvalue weighted by Gasteiger charge is 2.32. The van der Waals surface area contributed by atoms with Crippen molar-refractivity contribution in [2.45, 2.75) is 44.2 Å². The van der Waals surface area contributed by atoms with E-state index >= 15 is 0 Å². The number of hydrogen-bond donors (Lipinski definition) is 1. The first-order valence-corrected chi connectivity index (χ1v) is 15.0. The van der Waals surface area contributed by atoms with Crippen molar-refractivity contribution in [1.82, 2.24) is 10.2 Å². The van der Waals surface area contributed by atoms with E-state index in [-0.39, 0.29) is 33.1 Å². The monoisotopic (exact) mass is 605 g/mol. The number of halogens is 2. The summed E-state index contributed by atoms with van der Waals surface area (Å²) in [5, 5.41) is 3.28. The topological polar surface area (TPSA) is 96.0 Å². The van der Waals surface area contributed by atoms with Gasteiger partial charge in [0.15, 0.2) is 0 Å². The first-order chi connectivity index (χ1) is 19.1. The molecule has 11 heteroatoms. The Labute approximate surface area is 245 Å². The van der Waals surface area contributed by atoms with Crippen LogP contribution in [0.4, 0.5) is 5.69 Å². The van der Waals surface area contributed by atoms with E-state index in [1.165, 1.54) is 42.3 Å². The van der Waals surface area contributed by atoms with Crippen molar-refractivity contribution in [3.8, 4) is 5.75 Å². The number of anilines is 1. The quantitative estimate of drug-likeness (QED) is 0.258. The molecule has 1 unspecified atom stereocenters. The normalized spacial score (nSPS) is 11.9. The largest absolute Gasteiger partial charge is 0.497 e. The van der Waals surface area contributed by atoms with E-state index in [4.69, 9.17) is 27.9 Å². The lowest BCUT2D eigenvalue weighted by Gasteiger charge is -2.32. The number of amides is 2. The first-order valence-electron chi connectivity index (χ1n) is 12.8. The fourth-order valence-corrected chi connectivity index (χ4v) is 5.95. The molecule has 3 rings (SSSR count). The summed E-state index contributed by atoms with van der Waals surface area (Å²) in [5.41, 5.74) is 0.834. The van der Waals surface area contributed by atoms with Gasteiger partial charge in [0.05, 0.1) is 17.7 Å². The van der Waals surface area contributed by atoms with E-state index in [2.05, 4.69) is 5.32 Å². The van der Waals surface area contributed by atoms with Crippen molar-refractivity contribution >= 4 is 50.7 Å². The van der Waals surface area contributed by atoms with E-state index in [1.54, 1.807) is 49.4 Å². The van der Waals surface area contributed by atoms with E-state index in [9.17, 15) is 18.0 Å². The predicted octanol–water partition coefficient (Wildman–Crippen LogP) is 5.53. The number of hydrogen-bond acceptors (Lipinski definition) is 5. The molecule has 0 heterocycles. The summed E-state index contributed by atoms with van der Waals surface area (Å²) >= 11 is 12.4. The summed E-state index contributed by atoms with van der Waals surface area (Å²) in [6, 6.07) is 18.3. The van der Waals surface area contributed by atoms with E-state index < -0.39 is 28.5 Å². The third-order valence-corrected chi connectivity index (χ3v) is 8.45. The Morgan fingerprint density at radius 1 is 0.975 bits per heavy atom. The summed E-state index contributed by atoms with van der Waals surface area (Å²) in [6.07, 6.45) is 1.69. The highest BCUT2D eigenvalue weighted by molar-refractivity contribution is 7.92. The van der Waals surface area contributed by atoms with Crippen LogP contribution in [0, 0.1) is 0 Å². The second-order valence-corrected chi connectivity index (χ2v) is 11.9. The van der Waals surface area contributed by atoms with Crippen molar-refractivity contribution in [1.29, 1.82) is 0 Å². The van der Waals surface area contributed by atoms with Crippen LogP contribution in [0.1, 0.15) is 32.3 Å². The van der Waals surface area contributed by atoms with Gasteiger partial charge in [-0.15, -0.1) is 0 Å². The SMILES string of the molecule is CCCCNC(=O)C(C)N(Cc1cccc(OC)c1)C(=O)CN(c1cc(Cl)cc(Cl)c1)S(=O)(=O)c1ccccc1. The number of carbonyl (C=O) groups is 2. The minimum atomic E-state index is -4.22. The number of rotatable bonds is 13. The molecule has 0 spiro atoms. The Morgan fingerprint density at radius 2 is 1.65 bits per heavy atom. The molecule has 1 atom stereocenters. The van der Waals surface area contributed by atoms with Gasteiger partial charge in [-0.3, -0.25) is 13.9 Å². The van der Waals surface area contributed by atoms with Crippen molar-refractivity contribution in [3.05, 3.63) is 88.4 Å². The van der Waals surface area contributed by atoms with Gasteiger partial charge in [0.25, 0.3) is 10.0 Å². The van der Waals surface area contributed by atoms with Crippen LogP contribution in [0.3, 0.4) is 0 Å². The van der Waals surface area contributed by atoms with Gasteiger partial charge < -0.3 is 15.0 Å². The van der Waals surface area contributed by atoms with Crippen LogP contribution in [-0.4, -0.2) is 51.4 Å². The zero-order valence-corrected chi connectivity index (χ0v) is 25.0. The average molecular weight is 607 g/mol. The van der Waals surface area contributed by atoms with Gasteiger partial charge in [-0.25, -0.2) is 8.42 Å². The number of ether oxygens (including phenoxy) is 1. The third-order valence-electron chi connectivity index (χ3n) is 6.23. The second kappa shape index (κ2) is 14.4. The summed E-state index contributed by atoms with van der Waals surface area (Å²) < 4.78 is 33.9. The number of sulfonamides is 1. The van der Waals surface area contributed by atoms with Gasteiger partial charge in [0.2, 0.25) is 11.8 Å². The van der Waals surface area contributed by atoms with E-state index in [1.807, 2.05) is 6.92 Å². The molecule has 0 aliphatic carbocycles. The van der Waals surface area contributed by atoms with E-state index in [0.717, 1.165) is 17.1 Å². The maximum absolute atomic E-state index is 14.0. The lowest BCUT2D eigenvalue weighted by Crippen LogP contribution is -2.51. The molecule has 214 valence electrons. The number of methoxy groups -OCH3 is 1. The first kappa shape index (κ1) is 31.3. The zero-order chi connectivity index (χ0) is 29.3. The molecule has 2 amide bonds. The van der Waals surface area contributed by atoms with Gasteiger partial charge in [-0.2, -0.15) is 0 Å². The van der Waals surface area contributed by atoms with Gasteiger partial charge in [-0.05, 0) is 61.4 Å². The fourth-order valence-electron chi connectivity index (χ4n) is 4.02. The van der Waals surface area contributed by atoms with Crippen molar-refractivity contribution < 1.29 is 22.7 Å². The molecule has 1 N–H and O–H groups in total. The van der Waals surface area contributed by atoms with Crippen LogP contribution in [0.2, 0.25) is 10.0 Å². The van der Waals surface area contributed by atoms with Crippen LogP contribution < -0.4 is 14.4 Å². The minimum Gasteiger partial charge on any atom is -0.497 e. The average Bonchev–Trinajstić information content (AvgIpc) is 2.94. The lowest BCUT2D eigenvalue weighted by molar-refractivity contribution is -0.139. The van der Waals surface area contributed by atoms with Gasteiger partial charge in [-0.1, -0.05) is 66.9 Å². The molecule has 0 saturated heterocycles. The number of carbonyl (C=O) groups excluding carboxylic acids is 2. The van der Waals surface area contributed by atoms with E-state index in [0.29, 0.717) is 17.9 Å². The molecule has 3 aromatic rings. The fraction of sp³-hybridized carbons (Fsp3) is 0.310. The van der Waals surface area contributed by atoms with Gasteiger partial charge >= 0.3 is 0 Å². The Kier molecular flexibility index (Phi) is 11.2. The molecule has 0 aliphatic heterocycles. The predicted molar refractivity (Wildman–Crippen MR) is 158 cm³/mol. The minimum absolute atomic E-state index is 0.0106. The summed E-state index contributed by atoms with van der Waals surface area (Å²) in [4.78, 5) is 28.3. The number of unbranched alkanes of at least 4 members (excludes halogenated alkanes) is 1. The Hall–Kier alpha value is -3.27. The number of nitrogens with one attached hydrogen (secondary N) is 1. The standard InChI is InChI=1S/C29H33Cl2N3O5S/c1-4-5-14-32-29(36)21(2)33(19-22-10-9-11-26(15-22)39-3)28(35)20-34(25-17-23(30)16-24(31)18-25)40(37,38)27-12-7-6-8-13-27/h6-13,15-18,21H,4-5,14,19-20H2,1-3H3,(H,32,36). The lowest BCUT2D eigenvalue weighted by atomic mass is 10.1.